The number of benzene rings is 2. The highest BCUT2D eigenvalue weighted by atomic mass is 32.2. The maximum absolute atomic E-state index is 13.1. The third-order valence-electron chi connectivity index (χ3n) is 4.80. The fourth-order valence-corrected chi connectivity index (χ4v) is 4.69. The molecule has 0 spiro atoms. The van der Waals surface area contributed by atoms with Crippen molar-refractivity contribution in [3.05, 3.63) is 87.6 Å². The third kappa shape index (κ3) is 4.44. The number of hydrazone groups is 1. The third-order valence-corrected chi connectivity index (χ3v) is 6.26. The largest absolute Gasteiger partial charge is 0.284 e. The summed E-state index contributed by atoms with van der Waals surface area (Å²) in [5.41, 5.74) is 4.29. The molecule has 0 unspecified atom stereocenters. The lowest BCUT2D eigenvalue weighted by molar-refractivity contribution is 0.0716. The second kappa shape index (κ2) is 8.04. The summed E-state index contributed by atoms with van der Waals surface area (Å²) in [6.45, 7) is 2.03. The molecule has 0 radical (unpaired) electrons. The van der Waals surface area contributed by atoms with Gasteiger partial charge in [0.05, 0.1) is 22.9 Å². The Morgan fingerprint density at radius 1 is 1.13 bits per heavy atom. The number of nitrogens with zero attached hydrogens (tertiary/aromatic N) is 2. The number of rotatable bonds is 5. The predicted molar refractivity (Wildman–Crippen MR) is 120 cm³/mol. The average Bonchev–Trinajstić information content (AvgIpc) is 3.37. The normalized spacial score (nSPS) is 16.4. The van der Waals surface area contributed by atoms with Gasteiger partial charge in [-0.25, -0.2) is 13.4 Å². The minimum absolute atomic E-state index is 0.123. The Hall–Kier alpha value is -2.97. The Bertz CT molecular complexity index is 1200. The molecule has 1 aliphatic heterocycles. The van der Waals surface area contributed by atoms with Crippen LogP contribution in [0.15, 0.2) is 71.1 Å². The topological polar surface area (TPSA) is 78.8 Å². The van der Waals surface area contributed by atoms with E-state index in [-0.39, 0.29) is 11.9 Å². The van der Waals surface area contributed by atoms with E-state index >= 15 is 0 Å². The summed E-state index contributed by atoms with van der Waals surface area (Å²) in [6, 6.07) is 18.6. The first-order valence-corrected chi connectivity index (χ1v) is 12.2. The number of hydrogen-bond acceptors (Lipinski definition) is 5. The molecule has 154 valence electrons. The van der Waals surface area contributed by atoms with Gasteiger partial charge in [-0.1, -0.05) is 48.0 Å². The predicted octanol–water partition coefficient (Wildman–Crippen LogP) is 4.42. The first-order valence-electron chi connectivity index (χ1n) is 9.39. The van der Waals surface area contributed by atoms with Gasteiger partial charge in [0, 0.05) is 12.1 Å². The zero-order valence-electron chi connectivity index (χ0n) is 16.6. The van der Waals surface area contributed by atoms with Crippen molar-refractivity contribution in [3.63, 3.8) is 0 Å². The van der Waals surface area contributed by atoms with Gasteiger partial charge in [0.1, 0.15) is 0 Å². The zero-order valence-corrected chi connectivity index (χ0v) is 18.2. The van der Waals surface area contributed by atoms with Crippen molar-refractivity contribution in [1.29, 1.82) is 0 Å². The maximum Gasteiger partial charge on any atom is 0.284 e. The Balaban J connectivity index is 1.67. The molecule has 1 N–H and O–H groups in total. The van der Waals surface area contributed by atoms with Crippen molar-refractivity contribution in [3.8, 4) is 0 Å². The van der Waals surface area contributed by atoms with Crippen molar-refractivity contribution in [2.24, 2.45) is 5.10 Å². The molecule has 1 aliphatic rings. The molecule has 3 aromatic rings. The number of aryl methyl sites for hydroxylation is 1. The quantitative estimate of drug-likeness (QED) is 0.639. The van der Waals surface area contributed by atoms with E-state index in [1.807, 2.05) is 48.7 Å². The molecule has 1 amide bonds. The first-order chi connectivity index (χ1) is 14.3. The number of carbonyl (C=O) groups is 1. The summed E-state index contributed by atoms with van der Waals surface area (Å²) in [7, 11) is -3.34. The van der Waals surface area contributed by atoms with Gasteiger partial charge in [0.15, 0.2) is 0 Å². The highest BCUT2D eigenvalue weighted by molar-refractivity contribution is 7.92. The summed E-state index contributed by atoms with van der Waals surface area (Å²) in [5.74, 6) is -0.123. The average molecular weight is 440 g/mol. The van der Waals surface area contributed by atoms with Gasteiger partial charge in [-0.2, -0.15) is 5.10 Å². The van der Waals surface area contributed by atoms with Gasteiger partial charge in [0.2, 0.25) is 10.0 Å². The molecular weight excluding hydrogens is 418 g/mol. The molecule has 4 rings (SSSR count). The van der Waals surface area contributed by atoms with E-state index in [0.29, 0.717) is 17.0 Å². The minimum atomic E-state index is -3.34. The van der Waals surface area contributed by atoms with Crippen LogP contribution in [0.4, 0.5) is 5.69 Å². The van der Waals surface area contributed by atoms with E-state index in [0.717, 1.165) is 28.7 Å². The number of anilines is 1. The van der Waals surface area contributed by atoms with E-state index in [1.54, 1.807) is 23.2 Å². The van der Waals surface area contributed by atoms with Crippen molar-refractivity contribution in [2.45, 2.75) is 19.4 Å². The van der Waals surface area contributed by atoms with Gasteiger partial charge < -0.3 is 0 Å². The van der Waals surface area contributed by atoms with Crippen molar-refractivity contribution in [1.82, 2.24) is 5.01 Å². The Kier molecular flexibility index (Phi) is 5.44. The molecule has 0 aliphatic carbocycles. The van der Waals surface area contributed by atoms with Crippen molar-refractivity contribution in [2.75, 3.05) is 11.0 Å². The van der Waals surface area contributed by atoms with Gasteiger partial charge in [-0.15, -0.1) is 11.3 Å². The minimum Gasteiger partial charge on any atom is -0.284 e. The van der Waals surface area contributed by atoms with E-state index in [4.69, 9.17) is 0 Å². The number of sulfonamides is 1. The molecule has 6 nitrogen and oxygen atoms in total. The number of thiophene rings is 1. The monoisotopic (exact) mass is 439 g/mol. The van der Waals surface area contributed by atoms with E-state index in [1.165, 1.54) is 11.3 Å². The fourth-order valence-electron chi connectivity index (χ4n) is 3.47. The summed E-state index contributed by atoms with van der Waals surface area (Å²) in [6.07, 6.45) is 1.70. The van der Waals surface area contributed by atoms with Crippen LogP contribution in [0.5, 0.6) is 0 Å². The molecule has 1 aromatic heterocycles. The number of amides is 1. The maximum atomic E-state index is 13.1. The van der Waals surface area contributed by atoms with Gasteiger partial charge in [-0.3, -0.25) is 9.52 Å². The molecule has 30 heavy (non-hydrogen) atoms. The van der Waals surface area contributed by atoms with Crippen LogP contribution < -0.4 is 4.72 Å². The van der Waals surface area contributed by atoms with Gasteiger partial charge >= 0.3 is 0 Å². The summed E-state index contributed by atoms with van der Waals surface area (Å²) >= 11 is 1.40. The molecule has 0 bridgehead atoms. The highest BCUT2D eigenvalue weighted by Gasteiger charge is 2.34. The van der Waals surface area contributed by atoms with Crippen LogP contribution in [0, 0.1) is 6.92 Å². The van der Waals surface area contributed by atoms with Gasteiger partial charge in [-0.05, 0) is 41.6 Å². The molecule has 2 heterocycles. The number of carbonyl (C=O) groups excluding carboxylic acids is 1. The summed E-state index contributed by atoms with van der Waals surface area (Å²) in [4.78, 5) is 13.8. The van der Waals surface area contributed by atoms with Crippen LogP contribution in [0.3, 0.4) is 0 Å². The Morgan fingerprint density at radius 2 is 1.90 bits per heavy atom. The number of nitrogens with one attached hydrogen (secondary N) is 1. The summed E-state index contributed by atoms with van der Waals surface area (Å²) < 4.78 is 25.3. The molecule has 8 heteroatoms. The standard InChI is InChI=1S/C22H21N3O3S2/c1-15-5-3-6-17(13-15)20-14-19(23-25(20)22(26)21-7-4-12-29-21)16-8-10-18(11-9-16)24-30(2,27)28/h3-13,20,24H,14H2,1-2H3/t20-/m1/s1. The molecule has 2 aromatic carbocycles. The summed E-state index contributed by atoms with van der Waals surface area (Å²) in [5, 5.41) is 8.12. The Morgan fingerprint density at radius 3 is 2.53 bits per heavy atom. The molecule has 0 saturated heterocycles. The van der Waals surface area contributed by atoms with Crippen molar-refractivity contribution < 1.29 is 13.2 Å². The van der Waals surface area contributed by atoms with Crippen LogP contribution in [-0.4, -0.2) is 31.3 Å². The lowest BCUT2D eigenvalue weighted by Gasteiger charge is -2.21. The Labute approximate surface area is 179 Å². The fraction of sp³-hybridized carbons (Fsp3) is 0.182. The lowest BCUT2D eigenvalue weighted by Crippen LogP contribution is -2.26. The van der Waals surface area contributed by atoms with E-state index in [9.17, 15) is 13.2 Å². The van der Waals surface area contributed by atoms with Crippen LogP contribution >= 0.6 is 11.3 Å². The molecular formula is C22H21N3O3S2. The highest BCUT2D eigenvalue weighted by Crippen LogP contribution is 2.35. The zero-order chi connectivity index (χ0) is 21.3. The molecule has 0 fully saturated rings. The first kappa shape index (κ1) is 20.3. The second-order valence-corrected chi connectivity index (χ2v) is 9.96. The molecule has 1 atom stereocenters. The van der Waals surface area contributed by atoms with Crippen LogP contribution in [-0.2, 0) is 10.0 Å². The second-order valence-electron chi connectivity index (χ2n) is 7.26. The SMILES string of the molecule is Cc1cccc([C@H]2CC(c3ccc(NS(C)(=O)=O)cc3)=NN2C(=O)c2cccs2)c1. The van der Waals surface area contributed by atoms with Gasteiger partial charge in [0.25, 0.3) is 5.91 Å². The van der Waals surface area contributed by atoms with Crippen LogP contribution in [0.25, 0.3) is 0 Å². The van der Waals surface area contributed by atoms with Crippen LogP contribution in [0.2, 0.25) is 0 Å². The van der Waals surface area contributed by atoms with Crippen molar-refractivity contribution >= 4 is 38.7 Å². The lowest BCUT2D eigenvalue weighted by atomic mass is 9.97. The van der Waals surface area contributed by atoms with Crippen LogP contribution in [0.1, 0.15) is 38.8 Å². The van der Waals surface area contributed by atoms with E-state index in [2.05, 4.69) is 15.9 Å². The smallest absolute Gasteiger partial charge is 0.284 e. The number of hydrogen-bond donors (Lipinski definition) is 1. The molecule has 0 saturated carbocycles. The van der Waals surface area contributed by atoms with E-state index < -0.39 is 10.0 Å².